The predicted octanol–water partition coefficient (Wildman–Crippen LogP) is 4.60. The highest BCUT2D eigenvalue weighted by atomic mass is 32.2. The lowest BCUT2D eigenvalue weighted by molar-refractivity contribution is 0.0939. The fourth-order valence-electron chi connectivity index (χ4n) is 2.97. The van der Waals surface area contributed by atoms with Crippen LogP contribution in [0.1, 0.15) is 40.0 Å². The van der Waals surface area contributed by atoms with Crippen LogP contribution >= 0.6 is 0 Å². The van der Waals surface area contributed by atoms with Gasteiger partial charge >= 0.3 is 0 Å². The average molecular weight is 409 g/mol. The second kappa shape index (κ2) is 8.49. The number of para-hydroxylation sites is 1. The number of anilines is 1. The Bertz CT molecular complexity index is 1110. The van der Waals surface area contributed by atoms with Crippen LogP contribution in [0, 0.1) is 13.8 Å². The van der Waals surface area contributed by atoms with Gasteiger partial charge in [-0.25, -0.2) is 8.42 Å². The van der Waals surface area contributed by atoms with Crippen LogP contribution in [-0.4, -0.2) is 14.3 Å². The molecule has 5 nitrogen and oxygen atoms in total. The molecule has 0 bridgehead atoms. The molecule has 3 rings (SSSR count). The summed E-state index contributed by atoms with van der Waals surface area (Å²) >= 11 is 0. The van der Waals surface area contributed by atoms with Crippen LogP contribution in [0.5, 0.6) is 0 Å². The first-order valence-corrected chi connectivity index (χ1v) is 10.8. The summed E-state index contributed by atoms with van der Waals surface area (Å²) in [6, 6.07) is 21.1. The van der Waals surface area contributed by atoms with Gasteiger partial charge < -0.3 is 5.32 Å². The summed E-state index contributed by atoms with van der Waals surface area (Å²) in [6.07, 6.45) is 0. The minimum Gasteiger partial charge on any atom is -0.346 e. The van der Waals surface area contributed by atoms with Crippen molar-refractivity contribution in [3.05, 3.63) is 95.1 Å². The highest BCUT2D eigenvalue weighted by Gasteiger charge is 2.20. The highest BCUT2D eigenvalue weighted by Crippen LogP contribution is 2.21. The lowest BCUT2D eigenvalue weighted by atomic mass is 10.1. The lowest BCUT2D eigenvalue weighted by Gasteiger charge is -2.16. The summed E-state index contributed by atoms with van der Waals surface area (Å²) in [5, 5.41) is 2.93. The van der Waals surface area contributed by atoms with Crippen LogP contribution in [-0.2, 0) is 10.0 Å². The van der Waals surface area contributed by atoms with E-state index in [1.807, 2.05) is 44.2 Å². The highest BCUT2D eigenvalue weighted by molar-refractivity contribution is 7.92. The molecule has 3 aromatic rings. The Morgan fingerprint density at radius 1 is 0.897 bits per heavy atom. The molecule has 0 aromatic heterocycles. The van der Waals surface area contributed by atoms with Crippen molar-refractivity contribution in [1.29, 1.82) is 0 Å². The first-order valence-electron chi connectivity index (χ1n) is 9.32. The largest absolute Gasteiger partial charge is 0.346 e. The van der Waals surface area contributed by atoms with E-state index in [1.54, 1.807) is 43.3 Å². The van der Waals surface area contributed by atoms with Gasteiger partial charge in [-0.15, -0.1) is 0 Å². The Kier molecular flexibility index (Phi) is 6.03. The van der Waals surface area contributed by atoms with Gasteiger partial charge in [0.2, 0.25) is 0 Å². The summed E-state index contributed by atoms with van der Waals surface area (Å²) < 4.78 is 28.2. The molecule has 0 aliphatic rings. The molecule has 6 heteroatoms. The molecule has 1 atom stereocenters. The molecule has 0 spiro atoms. The number of rotatable bonds is 6. The van der Waals surface area contributed by atoms with Crippen molar-refractivity contribution >= 4 is 21.6 Å². The third-order valence-electron chi connectivity index (χ3n) is 4.69. The Labute approximate surface area is 171 Å². The molecule has 0 heterocycles. The van der Waals surface area contributed by atoms with E-state index in [-0.39, 0.29) is 16.8 Å². The van der Waals surface area contributed by atoms with E-state index in [0.29, 0.717) is 16.8 Å². The SMILES string of the molecule is Cc1ccc([C@@H](C)NC(=O)c2ccc(C)c(S(=O)(=O)Nc3ccccc3)c2)cc1. The Morgan fingerprint density at radius 3 is 2.21 bits per heavy atom. The molecule has 0 saturated heterocycles. The third kappa shape index (κ3) is 5.03. The van der Waals surface area contributed by atoms with E-state index >= 15 is 0 Å². The fraction of sp³-hybridized carbons (Fsp3) is 0.174. The van der Waals surface area contributed by atoms with Gasteiger partial charge in [0.1, 0.15) is 0 Å². The molecule has 29 heavy (non-hydrogen) atoms. The molecular formula is C23H24N2O3S. The van der Waals surface area contributed by atoms with Crippen LogP contribution < -0.4 is 10.0 Å². The van der Waals surface area contributed by atoms with Gasteiger partial charge in [0, 0.05) is 11.3 Å². The van der Waals surface area contributed by atoms with Crippen molar-refractivity contribution in [2.75, 3.05) is 4.72 Å². The quantitative estimate of drug-likeness (QED) is 0.626. The Balaban J connectivity index is 1.82. The van der Waals surface area contributed by atoms with Crippen molar-refractivity contribution in [2.45, 2.75) is 31.7 Å². The third-order valence-corrected chi connectivity index (χ3v) is 6.21. The number of sulfonamides is 1. The number of aryl methyl sites for hydroxylation is 2. The molecule has 0 aliphatic carbocycles. The standard InChI is InChI=1S/C23H24N2O3S/c1-16-9-12-19(13-10-16)18(3)24-23(26)20-14-11-17(2)22(15-20)29(27,28)25-21-7-5-4-6-8-21/h4-15,18,25H,1-3H3,(H,24,26)/t18-/m1/s1. The van der Waals surface area contributed by atoms with Gasteiger partial charge in [-0.05, 0) is 56.2 Å². The molecule has 1 amide bonds. The number of hydrogen-bond donors (Lipinski definition) is 2. The van der Waals surface area contributed by atoms with Crippen molar-refractivity contribution in [1.82, 2.24) is 5.32 Å². The van der Waals surface area contributed by atoms with Crippen molar-refractivity contribution in [2.24, 2.45) is 0 Å². The second-order valence-corrected chi connectivity index (χ2v) is 8.71. The maximum Gasteiger partial charge on any atom is 0.262 e. The average Bonchev–Trinajstić information content (AvgIpc) is 2.69. The minimum atomic E-state index is -3.82. The molecule has 2 N–H and O–H groups in total. The smallest absolute Gasteiger partial charge is 0.262 e. The van der Waals surface area contributed by atoms with Gasteiger partial charge in [-0.3, -0.25) is 9.52 Å². The van der Waals surface area contributed by atoms with Gasteiger partial charge in [-0.1, -0.05) is 54.1 Å². The fourth-order valence-corrected chi connectivity index (χ4v) is 4.30. The van der Waals surface area contributed by atoms with Crippen molar-refractivity contribution in [3.63, 3.8) is 0 Å². The van der Waals surface area contributed by atoms with Crippen LogP contribution in [0.25, 0.3) is 0 Å². The van der Waals surface area contributed by atoms with E-state index in [4.69, 9.17) is 0 Å². The van der Waals surface area contributed by atoms with Crippen LogP contribution in [0.2, 0.25) is 0 Å². The van der Waals surface area contributed by atoms with Gasteiger partial charge in [0.05, 0.1) is 10.9 Å². The van der Waals surface area contributed by atoms with Gasteiger partial charge in [0.25, 0.3) is 15.9 Å². The van der Waals surface area contributed by atoms with Crippen LogP contribution in [0.3, 0.4) is 0 Å². The Morgan fingerprint density at radius 2 is 1.55 bits per heavy atom. The van der Waals surface area contributed by atoms with E-state index < -0.39 is 10.0 Å². The molecule has 150 valence electrons. The second-order valence-electron chi connectivity index (χ2n) is 7.06. The monoisotopic (exact) mass is 408 g/mol. The van der Waals surface area contributed by atoms with Crippen molar-refractivity contribution in [3.8, 4) is 0 Å². The molecule has 0 fully saturated rings. The molecule has 0 radical (unpaired) electrons. The molecule has 0 unspecified atom stereocenters. The zero-order valence-electron chi connectivity index (χ0n) is 16.6. The minimum absolute atomic E-state index is 0.0805. The van der Waals surface area contributed by atoms with E-state index in [1.165, 1.54) is 6.07 Å². The van der Waals surface area contributed by atoms with Gasteiger partial charge in [-0.2, -0.15) is 0 Å². The van der Waals surface area contributed by atoms with Gasteiger partial charge in [0.15, 0.2) is 0 Å². The topological polar surface area (TPSA) is 75.3 Å². The predicted molar refractivity (Wildman–Crippen MR) is 115 cm³/mol. The number of carbonyl (C=O) groups is 1. The first kappa shape index (κ1) is 20.6. The zero-order valence-corrected chi connectivity index (χ0v) is 17.5. The van der Waals surface area contributed by atoms with E-state index in [9.17, 15) is 13.2 Å². The number of amides is 1. The maximum absolute atomic E-state index is 12.8. The van der Waals surface area contributed by atoms with Crippen LogP contribution in [0.4, 0.5) is 5.69 Å². The molecular weight excluding hydrogens is 384 g/mol. The van der Waals surface area contributed by atoms with Crippen molar-refractivity contribution < 1.29 is 13.2 Å². The molecule has 3 aromatic carbocycles. The molecule has 0 saturated carbocycles. The summed E-state index contributed by atoms with van der Waals surface area (Å²) in [4.78, 5) is 12.8. The molecule has 0 aliphatic heterocycles. The number of carbonyl (C=O) groups excluding carboxylic acids is 1. The Hall–Kier alpha value is -3.12. The number of benzene rings is 3. The normalized spacial score (nSPS) is 12.2. The lowest BCUT2D eigenvalue weighted by Crippen LogP contribution is -2.27. The summed E-state index contributed by atoms with van der Waals surface area (Å²) in [6.45, 7) is 5.60. The maximum atomic E-state index is 12.8. The van der Waals surface area contributed by atoms with Crippen LogP contribution in [0.15, 0.2) is 77.7 Å². The summed E-state index contributed by atoms with van der Waals surface area (Å²) in [5.41, 5.74) is 3.45. The summed E-state index contributed by atoms with van der Waals surface area (Å²) in [5.74, 6) is -0.325. The van der Waals surface area contributed by atoms with E-state index in [0.717, 1.165) is 11.1 Å². The first-order chi connectivity index (χ1) is 13.8. The number of nitrogens with one attached hydrogen (secondary N) is 2. The van der Waals surface area contributed by atoms with E-state index in [2.05, 4.69) is 10.0 Å². The zero-order chi connectivity index (χ0) is 21.0. The summed E-state index contributed by atoms with van der Waals surface area (Å²) in [7, 11) is -3.82. The number of hydrogen-bond acceptors (Lipinski definition) is 3.